The van der Waals surface area contributed by atoms with E-state index in [4.69, 9.17) is 5.73 Å². The van der Waals surface area contributed by atoms with E-state index in [1.807, 2.05) is 11.8 Å². The van der Waals surface area contributed by atoms with E-state index < -0.39 is 0 Å². The second-order valence-electron chi connectivity index (χ2n) is 3.28. The zero-order chi connectivity index (χ0) is 10.4. The average Bonchev–Trinajstić information content (AvgIpc) is 2.17. The fraction of sp³-hybridized carbons (Fsp3) is 0.556. The molecule has 0 aliphatic heterocycles. The van der Waals surface area contributed by atoms with Crippen molar-refractivity contribution in [3.05, 3.63) is 12.4 Å². The Morgan fingerprint density at radius 2 is 2.14 bits per heavy atom. The highest BCUT2D eigenvalue weighted by molar-refractivity contribution is 7.98. The minimum atomic E-state index is 0.590. The lowest BCUT2D eigenvalue weighted by atomic mass is 10.2. The minimum Gasteiger partial charge on any atom is -0.396 e. The topological polar surface area (TPSA) is 63.8 Å². The van der Waals surface area contributed by atoms with E-state index in [2.05, 4.69) is 28.5 Å². The standard InChI is InChI=1S/C9H16N4S/c1-7(6-14-2)3-11-9-12-4-8(10)5-13-9/h4-5,7H,3,6,10H2,1-2H3,(H,11,12,13). The quantitative estimate of drug-likeness (QED) is 0.774. The van der Waals surface area contributed by atoms with Crippen LogP contribution in [-0.2, 0) is 0 Å². The maximum atomic E-state index is 5.47. The molecule has 0 aliphatic carbocycles. The van der Waals surface area contributed by atoms with Gasteiger partial charge in [0.1, 0.15) is 0 Å². The number of anilines is 2. The van der Waals surface area contributed by atoms with E-state index in [0.717, 1.165) is 12.3 Å². The number of rotatable bonds is 5. The second-order valence-corrected chi connectivity index (χ2v) is 4.19. The number of hydrogen-bond donors (Lipinski definition) is 2. The maximum Gasteiger partial charge on any atom is 0.222 e. The van der Waals surface area contributed by atoms with Gasteiger partial charge in [-0.1, -0.05) is 6.92 Å². The van der Waals surface area contributed by atoms with E-state index in [1.54, 1.807) is 12.4 Å². The molecule has 0 fully saturated rings. The predicted octanol–water partition coefficient (Wildman–Crippen LogP) is 1.47. The SMILES string of the molecule is CSCC(C)CNc1ncc(N)cn1. The molecule has 0 bridgehead atoms. The lowest BCUT2D eigenvalue weighted by Crippen LogP contribution is -2.14. The third kappa shape index (κ3) is 3.83. The number of nitrogen functional groups attached to an aromatic ring is 1. The summed E-state index contributed by atoms with van der Waals surface area (Å²) in [7, 11) is 0. The molecule has 1 aromatic rings. The van der Waals surface area contributed by atoms with Gasteiger partial charge in [-0.05, 0) is 17.9 Å². The van der Waals surface area contributed by atoms with Crippen molar-refractivity contribution in [2.24, 2.45) is 5.92 Å². The molecule has 78 valence electrons. The van der Waals surface area contributed by atoms with Gasteiger partial charge in [-0.15, -0.1) is 0 Å². The molecule has 3 N–H and O–H groups in total. The molecule has 0 aliphatic rings. The second kappa shape index (κ2) is 5.70. The lowest BCUT2D eigenvalue weighted by molar-refractivity contribution is 0.697. The Morgan fingerprint density at radius 3 is 2.71 bits per heavy atom. The smallest absolute Gasteiger partial charge is 0.222 e. The predicted molar refractivity (Wildman–Crippen MR) is 62.5 cm³/mol. The molecular weight excluding hydrogens is 196 g/mol. The number of thioether (sulfide) groups is 1. The molecule has 4 nitrogen and oxygen atoms in total. The van der Waals surface area contributed by atoms with E-state index in [-0.39, 0.29) is 0 Å². The van der Waals surface area contributed by atoms with Crippen molar-refractivity contribution in [1.82, 2.24) is 9.97 Å². The molecular formula is C9H16N4S. The van der Waals surface area contributed by atoms with Crippen LogP contribution in [0.25, 0.3) is 0 Å². The summed E-state index contributed by atoms with van der Waals surface area (Å²) in [5.74, 6) is 2.40. The first-order chi connectivity index (χ1) is 6.72. The van der Waals surface area contributed by atoms with E-state index in [0.29, 0.717) is 17.6 Å². The summed E-state index contributed by atoms with van der Waals surface area (Å²) in [5, 5.41) is 3.17. The molecule has 14 heavy (non-hydrogen) atoms. The van der Waals surface area contributed by atoms with Gasteiger partial charge in [0.15, 0.2) is 0 Å². The Hall–Kier alpha value is -0.970. The van der Waals surface area contributed by atoms with Crippen molar-refractivity contribution in [3.63, 3.8) is 0 Å². The summed E-state index contributed by atoms with van der Waals surface area (Å²) in [6, 6.07) is 0. The van der Waals surface area contributed by atoms with Crippen molar-refractivity contribution >= 4 is 23.4 Å². The number of nitrogens with two attached hydrogens (primary N) is 1. The Labute approximate surface area is 88.7 Å². The highest BCUT2D eigenvalue weighted by Gasteiger charge is 2.01. The molecule has 1 rings (SSSR count). The monoisotopic (exact) mass is 212 g/mol. The number of hydrogen-bond acceptors (Lipinski definition) is 5. The zero-order valence-corrected chi connectivity index (χ0v) is 9.34. The van der Waals surface area contributed by atoms with Crippen LogP contribution in [0.2, 0.25) is 0 Å². The largest absolute Gasteiger partial charge is 0.396 e. The van der Waals surface area contributed by atoms with Crippen molar-refractivity contribution in [2.45, 2.75) is 6.92 Å². The highest BCUT2D eigenvalue weighted by Crippen LogP contribution is 2.06. The van der Waals surface area contributed by atoms with E-state index >= 15 is 0 Å². The summed E-state index contributed by atoms with van der Waals surface area (Å²) in [4.78, 5) is 8.11. The summed E-state index contributed by atoms with van der Waals surface area (Å²) < 4.78 is 0. The maximum absolute atomic E-state index is 5.47. The zero-order valence-electron chi connectivity index (χ0n) is 8.53. The van der Waals surface area contributed by atoms with Crippen molar-refractivity contribution in [2.75, 3.05) is 29.6 Å². The number of nitrogens with one attached hydrogen (secondary N) is 1. The summed E-state index contributed by atoms with van der Waals surface area (Å²) in [6.07, 6.45) is 5.32. The van der Waals surface area contributed by atoms with Gasteiger partial charge < -0.3 is 11.1 Å². The first-order valence-corrected chi connectivity index (χ1v) is 5.92. The van der Waals surface area contributed by atoms with Gasteiger partial charge in [0.2, 0.25) is 5.95 Å². The molecule has 5 heteroatoms. The van der Waals surface area contributed by atoms with Crippen molar-refractivity contribution < 1.29 is 0 Å². The molecule has 0 aromatic carbocycles. The fourth-order valence-electron chi connectivity index (χ4n) is 1.04. The Balaban J connectivity index is 2.34. The van der Waals surface area contributed by atoms with Crippen LogP contribution in [0.15, 0.2) is 12.4 Å². The van der Waals surface area contributed by atoms with E-state index in [1.165, 1.54) is 0 Å². The van der Waals surface area contributed by atoms with Gasteiger partial charge in [0, 0.05) is 6.54 Å². The van der Waals surface area contributed by atoms with Crippen LogP contribution in [0.4, 0.5) is 11.6 Å². The molecule has 1 aromatic heterocycles. The first kappa shape index (κ1) is 11.1. The molecule has 1 heterocycles. The third-order valence-electron chi connectivity index (χ3n) is 1.73. The van der Waals surface area contributed by atoms with Crippen LogP contribution in [0.5, 0.6) is 0 Å². The summed E-state index contributed by atoms with van der Waals surface area (Å²) in [5.41, 5.74) is 6.06. The number of nitrogens with zero attached hydrogens (tertiary/aromatic N) is 2. The third-order valence-corrected chi connectivity index (χ3v) is 2.63. The van der Waals surface area contributed by atoms with Crippen LogP contribution < -0.4 is 11.1 Å². The summed E-state index contributed by atoms with van der Waals surface area (Å²) >= 11 is 1.85. The van der Waals surface area contributed by atoms with Gasteiger partial charge in [-0.25, -0.2) is 9.97 Å². The van der Waals surface area contributed by atoms with Gasteiger partial charge in [-0.2, -0.15) is 11.8 Å². The molecule has 0 saturated carbocycles. The van der Waals surface area contributed by atoms with Gasteiger partial charge in [-0.3, -0.25) is 0 Å². The molecule has 1 atom stereocenters. The van der Waals surface area contributed by atoms with Crippen LogP contribution in [0.1, 0.15) is 6.92 Å². The normalized spacial score (nSPS) is 12.4. The van der Waals surface area contributed by atoms with Crippen LogP contribution in [0, 0.1) is 5.92 Å². The first-order valence-electron chi connectivity index (χ1n) is 4.52. The van der Waals surface area contributed by atoms with Crippen molar-refractivity contribution in [1.29, 1.82) is 0 Å². The Bertz CT molecular complexity index is 262. The molecule has 0 saturated heterocycles. The molecule has 1 unspecified atom stereocenters. The lowest BCUT2D eigenvalue weighted by Gasteiger charge is -2.10. The molecule has 0 amide bonds. The van der Waals surface area contributed by atoms with E-state index in [9.17, 15) is 0 Å². The van der Waals surface area contributed by atoms with Gasteiger partial charge >= 0.3 is 0 Å². The summed E-state index contributed by atoms with van der Waals surface area (Å²) in [6.45, 7) is 3.09. The molecule has 0 radical (unpaired) electrons. The van der Waals surface area contributed by atoms with Crippen LogP contribution >= 0.6 is 11.8 Å². The average molecular weight is 212 g/mol. The fourth-order valence-corrected chi connectivity index (χ4v) is 1.73. The van der Waals surface area contributed by atoms with Crippen LogP contribution in [0.3, 0.4) is 0 Å². The van der Waals surface area contributed by atoms with Crippen LogP contribution in [-0.4, -0.2) is 28.5 Å². The minimum absolute atomic E-state index is 0.590. The highest BCUT2D eigenvalue weighted by atomic mass is 32.2. The Kier molecular flexibility index (Phi) is 4.52. The molecule has 0 spiro atoms. The van der Waals surface area contributed by atoms with Gasteiger partial charge in [0.05, 0.1) is 18.1 Å². The van der Waals surface area contributed by atoms with Gasteiger partial charge in [0.25, 0.3) is 0 Å². The Morgan fingerprint density at radius 1 is 1.50 bits per heavy atom. The van der Waals surface area contributed by atoms with Crippen molar-refractivity contribution in [3.8, 4) is 0 Å². The number of aromatic nitrogens is 2.